The molecule has 0 saturated carbocycles. The molecule has 1 aliphatic rings. The van der Waals surface area contributed by atoms with Crippen LogP contribution in [0.3, 0.4) is 0 Å². The van der Waals surface area contributed by atoms with Crippen molar-refractivity contribution in [2.45, 2.75) is 43.5 Å². The molecule has 0 aliphatic heterocycles. The van der Waals surface area contributed by atoms with Gasteiger partial charge in [-0.1, -0.05) is 18.2 Å². The average molecular weight is 382 g/mol. The first-order valence-electron chi connectivity index (χ1n) is 9.25. The molecule has 2 aromatic carbocycles. The molecule has 6 heteroatoms. The molecule has 0 fully saturated rings. The van der Waals surface area contributed by atoms with E-state index in [0.29, 0.717) is 4.90 Å². The Kier molecular flexibility index (Phi) is 4.85. The first kappa shape index (κ1) is 17.9. The predicted molar refractivity (Wildman–Crippen MR) is 105 cm³/mol. The molecular weight excluding hydrogens is 358 g/mol. The molecule has 1 atom stereocenters. The lowest BCUT2D eigenvalue weighted by Crippen LogP contribution is -2.27. The number of aryl methyl sites for hydroxylation is 2. The highest BCUT2D eigenvalue weighted by molar-refractivity contribution is 7.89. The minimum Gasteiger partial charge on any atom is -0.306 e. The van der Waals surface area contributed by atoms with Crippen molar-refractivity contribution in [1.29, 1.82) is 0 Å². The molecule has 0 spiro atoms. The SMILES string of the molecule is C[C@@H](NS(=O)(=O)c1ccc2c(c1)CCCC2)c1ccc(-n2ccnc2)cc1. The van der Waals surface area contributed by atoms with E-state index in [-0.39, 0.29) is 6.04 Å². The predicted octanol–water partition coefficient (Wildman–Crippen LogP) is 3.79. The lowest BCUT2D eigenvalue weighted by molar-refractivity contribution is 0.566. The van der Waals surface area contributed by atoms with Crippen LogP contribution in [0.25, 0.3) is 5.69 Å². The van der Waals surface area contributed by atoms with E-state index in [4.69, 9.17) is 0 Å². The fraction of sp³-hybridized carbons (Fsp3) is 0.286. The van der Waals surface area contributed by atoms with Gasteiger partial charge in [-0.05, 0) is 73.6 Å². The number of rotatable bonds is 5. The minimum absolute atomic E-state index is 0.317. The molecule has 1 aromatic heterocycles. The summed E-state index contributed by atoms with van der Waals surface area (Å²) >= 11 is 0. The van der Waals surface area contributed by atoms with Crippen LogP contribution in [0.2, 0.25) is 0 Å². The van der Waals surface area contributed by atoms with Crippen molar-refractivity contribution in [3.05, 3.63) is 77.9 Å². The Morgan fingerprint density at radius 3 is 2.48 bits per heavy atom. The summed E-state index contributed by atoms with van der Waals surface area (Å²) in [6.07, 6.45) is 9.65. The number of sulfonamides is 1. The van der Waals surface area contributed by atoms with Crippen molar-refractivity contribution in [3.63, 3.8) is 0 Å². The van der Waals surface area contributed by atoms with Crippen LogP contribution in [0.15, 0.2) is 66.1 Å². The molecule has 0 bridgehead atoms. The molecule has 4 rings (SSSR count). The van der Waals surface area contributed by atoms with Crippen LogP contribution >= 0.6 is 0 Å². The Bertz CT molecular complexity index is 1030. The zero-order valence-corrected chi connectivity index (χ0v) is 16.1. The molecule has 1 heterocycles. The van der Waals surface area contributed by atoms with Crippen molar-refractivity contribution in [3.8, 4) is 5.69 Å². The third kappa shape index (κ3) is 3.82. The van der Waals surface area contributed by atoms with Gasteiger partial charge in [0.05, 0.1) is 11.2 Å². The fourth-order valence-corrected chi connectivity index (χ4v) is 4.87. The maximum absolute atomic E-state index is 12.8. The lowest BCUT2D eigenvalue weighted by Gasteiger charge is -2.19. The smallest absolute Gasteiger partial charge is 0.241 e. The summed E-state index contributed by atoms with van der Waals surface area (Å²) in [5.41, 5.74) is 4.35. The number of imidazole rings is 1. The lowest BCUT2D eigenvalue weighted by atomic mass is 9.92. The quantitative estimate of drug-likeness (QED) is 0.731. The van der Waals surface area contributed by atoms with Gasteiger partial charge < -0.3 is 4.57 Å². The molecule has 0 unspecified atom stereocenters. The Hall–Kier alpha value is -2.44. The van der Waals surface area contributed by atoms with Crippen molar-refractivity contribution in [2.24, 2.45) is 0 Å². The zero-order valence-electron chi connectivity index (χ0n) is 15.3. The Morgan fingerprint density at radius 1 is 1.04 bits per heavy atom. The van der Waals surface area contributed by atoms with Crippen molar-refractivity contribution in [1.82, 2.24) is 14.3 Å². The summed E-state index contributed by atoms with van der Waals surface area (Å²) in [6.45, 7) is 1.86. The zero-order chi connectivity index (χ0) is 18.9. The van der Waals surface area contributed by atoms with Gasteiger partial charge in [0, 0.05) is 24.1 Å². The van der Waals surface area contributed by atoms with E-state index < -0.39 is 10.0 Å². The minimum atomic E-state index is -3.56. The van der Waals surface area contributed by atoms with E-state index in [1.807, 2.05) is 54.1 Å². The molecule has 0 saturated heterocycles. The molecular formula is C21H23N3O2S. The largest absolute Gasteiger partial charge is 0.306 e. The van der Waals surface area contributed by atoms with Crippen LogP contribution in [0.1, 0.15) is 42.5 Å². The molecule has 1 aliphatic carbocycles. The van der Waals surface area contributed by atoms with Gasteiger partial charge in [-0.15, -0.1) is 0 Å². The number of hydrogen-bond acceptors (Lipinski definition) is 3. The fourth-order valence-electron chi connectivity index (χ4n) is 3.59. The van der Waals surface area contributed by atoms with Crippen LogP contribution in [-0.2, 0) is 22.9 Å². The summed E-state index contributed by atoms with van der Waals surface area (Å²) in [5.74, 6) is 0. The van der Waals surface area contributed by atoms with Gasteiger partial charge in [-0.2, -0.15) is 0 Å². The van der Waals surface area contributed by atoms with Gasteiger partial charge >= 0.3 is 0 Å². The molecule has 3 aromatic rings. The third-order valence-corrected chi connectivity index (χ3v) is 6.70. The van der Waals surface area contributed by atoms with E-state index in [9.17, 15) is 8.42 Å². The van der Waals surface area contributed by atoms with Gasteiger partial charge in [0.25, 0.3) is 0 Å². The van der Waals surface area contributed by atoms with E-state index in [2.05, 4.69) is 9.71 Å². The Morgan fingerprint density at radius 2 is 1.78 bits per heavy atom. The monoisotopic (exact) mass is 381 g/mol. The normalized spacial score (nSPS) is 15.3. The third-order valence-electron chi connectivity index (χ3n) is 5.16. The van der Waals surface area contributed by atoms with E-state index >= 15 is 0 Å². The van der Waals surface area contributed by atoms with Crippen LogP contribution in [0.4, 0.5) is 0 Å². The summed E-state index contributed by atoms with van der Waals surface area (Å²) in [4.78, 5) is 4.39. The molecule has 1 N–H and O–H groups in total. The summed E-state index contributed by atoms with van der Waals surface area (Å²) < 4.78 is 30.4. The highest BCUT2D eigenvalue weighted by Crippen LogP contribution is 2.25. The second-order valence-electron chi connectivity index (χ2n) is 7.04. The number of hydrogen-bond donors (Lipinski definition) is 1. The number of nitrogens with one attached hydrogen (secondary N) is 1. The van der Waals surface area contributed by atoms with Crippen molar-refractivity contribution < 1.29 is 8.42 Å². The molecule has 5 nitrogen and oxygen atoms in total. The Labute approximate surface area is 160 Å². The maximum Gasteiger partial charge on any atom is 0.241 e. The van der Waals surface area contributed by atoms with Crippen LogP contribution in [0, 0.1) is 0 Å². The maximum atomic E-state index is 12.8. The Balaban J connectivity index is 1.52. The van der Waals surface area contributed by atoms with Gasteiger partial charge in [-0.25, -0.2) is 18.1 Å². The van der Waals surface area contributed by atoms with E-state index in [1.54, 1.807) is 18.6 Å². The van der Waals surface area contributed by atoms with Crippen LogP contribution in [-0.4, -0.2) is 18.0 Å². The van der Waals surface area contributed by atoms with Gasteiger partial charge in [0.15, 0.2) is 0 Å². The first-order chi connectivity index (χ1) is 13.0. The van der Waals surface area contributed by atoms with Crippen LogP contribution in [0.5, 0.6) is 0 Å². The number of fused-ring (bicyclic) bond motifs is 1. The second kappa shape index (κ2) is 7.29. The topological polar surface area (TPSA) is 64.0 Å². The first-order valence-corrected chi connectivity index (χ1v) is 10.7. The second-order valence-corrected chi connectivity index (χ2v) is 8.76. The summed E-state index contributed by atoms with van der Waals surface area (Å²) in [6, 6.07) is 13.0. The van der Waals surface area contributed by atoms with Gasteiger partial charge in [-0.3, -0.25) is 0 Å². The summed E-state index contributed by atoms with van der Waals surface area (Å²) in [7, 11) is -3.56. The molecule has 0 radical (unpaired) electrons. The van der Waals surface area contributed by atoms with Crippen molar-refractivity contribution >= 4 is 10.0 Å². The number of benzene rings is 2. The number of aromatic nitrogens is 2. The summed E-state index contributed by atoms with van der Waals surface area (Å²) in [5, 5.41) is 0. The molecule has 0 amide bonds. The standard InChI is InChI=1S/C21H23N3O2S/c1-16(17-6-9-20(10-7-17)24-13-12-22-15-24)23-27(25,26)21-11-8-18-4-2-3-5-19(18)14-21/h6-16,23H,2-5H2,1H3/t16-/m1/s1. The number of nitrogens with zero attached hydrogens (tertiary/aromatic N) is 2. The van der Waals surface area contributed by atoms with Crippen molar-refractivity contribution in [2.75, 3.05) is 0 Å². The highest BCUT2D eigenvalue weighted by Gasteiger charge is 2.20. The highest BCUT2D eigenvalue weighted by atomic mass is 32.2. The van der Waals surface area contributed by atoms with Crippen LogP contribution < -0.4 is 4.72 Å². The van der Waals surface area contributed by atoms with Gasteiger partial charge in [0.2, 0.25) is 10.0 Å². The molecule has 140 valence electrons. The average Bonchev–Trinajstić information content (AvgIpc) is 3.22. The van der Waals surface area contributed by atoms with Gasteiger partial charge in [0.1, 0.15) is 0 Å². The molecule has 27 heavy (non-hydrogen) atoms. The van der Waals surface area contributed by atoms with E-state index in [0.717, 1.165) is 30.5 Å². The van der Waals surface area contributed by atoms with E-state index in [1.165, 1.54) is 17.5 Å².